The van der Waals surface area contributed by atoms with Gasteiger partial charge in [-0.2, -0.15) is 0 Å². The minimum Gasteiger partial charge on any atom is -0.455 e. The number of nitrogens with zero attached hydrogens (tertiary/aromatic N) is 2. The third-order valence-electron chi connectivity index (χ3n) is 9.32. The molecule has 0 saturated heterocycles. The molecule has 0 radical (unpaired) electrons. The van der Waals surface area contributed by atoms with E-state index in [2.05, 4.69) is 121 Å². The second-order valence-electron chi connectivity index (χ2n) is 12.2. The Hall–Kier alpha value is -6.04. The Labute approximate surface area is 280 Å². The number of benzene rings is 7. The van der Waals surface area contributed by atoms with Crippen LogP contribution in [-0.4, -0.2) is 11.7 Å². The predicted molar refractivity (Wildman–Crippen MR) is 201 cm³/mol. The van der Waals surface area contributed by atoms with Crippen LogP contribution in [0.1, 0.15) is 22.9 Å². The Morgan fingerprint density at radius 2 is 1.17 bits per heavy atom. The van der Waals surface area contributed by atoms with Crippen LogP contribution in [0.3, 0.4) is 0 Å². The van der Waals surface area contributed by atoms with Gasteiger partial charge in [0.25, 0.3) is 0 Å². The van der Waals surface area contributed by atoms with Crippen molar-refractivity contribution in [2.75, 3.05) is 0 Å². The summed E-state index contributed by atoms with van der Waals surface area (Å²) in [7, 11) is 0. The molecule has 9 aromatic rings. The molecule has 7 aromatic carbocycles. The first-order valence-electron chi connectivity index (χ1n) is 16.1. The van der Waals surface area contributed by atoms with Crippen LogP contribution in [0.2, 0.25) is 0 Å². The number of furan rings is 1. The lowest BCUT2D eigenvalue weighted by molar-refractivity contribution is 0.669. The molecule has 10 rings (SSSR count). The molecular formula is C43H27N3OS. The summed E-state index contributed by atoms with van der Waals surface area (Å²) in [6.07, 6.45) is -0.483. The zero-order chi connectivity index (χ0) is 31.6. The van der Waals surface area contributed by atoms with Crippen molar-refractivity contribution < 1.29 is 4.42 Å². The van der Waals surface area contributed by atoms with Gasteiger partial charge in [0.1, 0.15) is 22.8 Å². The van der Waals surface area contributed by atoms with E-state index in [0.717, 1.165) is 66.8 Å². The van der Waals surface area contributed by atoms with Crippen molar-refractivity contribution in [2.24, 2.45) is 9.98 Å². The first-order chi connectivity index (χ1) is 23.8. The zero-order valence-electron chi connectivity index (χ0n) is 25.7. The minimum absolute atomic E-state index is 0.483. The quantitative estimate of drug-likeness (QED) is 0.210. The number of hydrogen-bond acceptors (Lipinski definition) is 5. The molecule has 0 spiro atoms. The van der Waals surface area contributed by atoms with Crippen molar-refractivity contribution in [1.29, 1.82) is 0 Å². The van der Waals surface area contributed by atoms with Gasteiger partial charge in [-0.05, 0) is 46.7 Å². The van der Waals surface area contributed by atoms with Gasteiger partial charge in [-0.3, -0.25) is 0 Å². The molecule has 0 amide bonds. The average molecular weight is 634 g/mol. The molecule has 1 N–H and O–H groups in total. The van der Waals surface area contributed by atoms with E-state index in [1.165, 1.54) is 25.6 Å². The Balaban J connectivity index is 1.24. The van der Waals surface area contributed by atoms with E-state index in [0.29, 0.717) is 0 Å². The Kier molecular flexibility index (Phi) is 6.08. The SMILES string of the molecule is c1ccc(C2=NC(c3ccc(-c4ccc5sc6ccccc6c5c4)c4oc5cc6ccccc6cc5c34)N=C(c3ccccc3)N2)cc1. The monoisotopic (exact) mass is 633 g/mol. The van der Waals surface area contributed by atoms with E-state index in [9.17, 15) is 0 Å². The van der Waals surface area contributed by atoms with Crippen molar-refractivity contribution in [1.82, 2.24) is 5.32 Å². The third-order valence-corrected chi connectivity index (χ3v) is 10.5. The zero-order valence-corrected chi connectivity index (χ0v) is 26.5. The number of thiophene rings is 1. The molecule has 0 unspecified atom stereocenters. The van der Waals surface area contributed by atoms with E-state index < -0.39 is 6.17 Å². The average Bonchev–Trinajstić information content (AvgIpc) is 3.72. The number of rotatable bonds is 4. The van der Waals surface area contributed by atoms with E-state index >= 15 is 0 Å². The lowest BCUT2D eigenvalue weighted by Crippen LogP contribution is -2.36. The van der Waals surface area contributed by atoms with Gasteiger partial charge < -0.3 is 9.73 Å². The highest BCUT2D eigenvalue weighted by molar-refractivity contribution is 7.25. The lowest BCUT2D eigenvalue weighted by Gasteiger charge is -2.23. The number of amidine groups is 2. The summed E-state index contributed by atoms with van der Waals surface area (Å²) in [6, 6.07) is 53.2. The van der Waals surface area contributed by atoms with Crippen molar-refractivity contribution >= 4 is 75.9 Å². The molecule has 4 nitrogen and oxygen atoms in total. The molecule has 2 aromatic heterocycles. The standard InChI is InChI=1S/C43H27N3OS/c1-3-11-26(12-4-1)41-44-42(27-13-5-2-6-14-27)46-43(45-41)33-21-20-31(30-19-22-38-34(24-30)32-17-9-10-18-37(32)48-38)40-39(33)35-23-28-15-7-8-16-29(28)25-36(35)47-40/h1-25,43H,(H,44,45,46). The summed E-state index contributed by atoms with van der Waals surface area (Å²) in [4.78, 5) is 10.5. The van der Waals surface area contributed by atoms with Crippen LogP contribution < -0.4 is 5.32 Å². The van der Waals surface area contributed by atoms with Gasteiger partial charge in [0.15, 0.2) is 6.17 Å². The molecule has 48 heavy (non-hydrogen) atoms. The van der Waals surface area contributed by atoms with Crippen LogP contribution in [-0.2, 0) is 0 Å². The van der Waals surface area contributed by atoms with E-state index in [1.54, 1.807) is 0 Å². The fraction of sp³-hybridized carbons (Fsp3) is 0.0233. The van der Waals surface area contributed by atoms with Crippen molar-refractivity contribution in [3.63, 3.8) is 0 Å². The maximum absolute atomic E-state index is 6.87. The summed E-state index contributed by atoms with van der Waals surface area (Å²) >= 11 is 1.83. The Bertz CT molecular complexity index is 2700. The van der Waals surface area contributed by atoms with E-state index in [1.807, 2.05) is 47.7 Å². The summed E-state index contributed by atoms with van der Waals surface area (Å²) in [5.41, 5.74) is 6.92. The van der Waals surface area contributed by atoms with Gasteiger partial charge in [0.2, 0.25) is 0 Å². The maximum Gasteiger partial charge on any atom is 0.170 e. The van der Waals surface area contributed by atoms with E-state index in [4.69, 9.17) is 14.4 Å². The largest absolute Gasteiger partial charge is 0.455 e. The first kappa shape index (κ1) is 27.1. The molecular weight excluding hydrogens is 607 g/mol. The summed E-state index contributed by atoms with van der Waals surface area (Å²) in [6.45, 7) is 0. The molecule has 0 fully saturated rings. The molecule has 226 valence electrons. The molecule has 1 aliphatic rings. The molecule has 0 aliphatic carbocycles. The highest BCUT2D eigenvalue weighted by Crippen LogP contribution is 2.44. The molecule has 0 bridgehead atoms. The van der Waals surface area contributed by atoms with Gasteiger partial charge in [-0.15, -0.1) is 11.3 Å². The van der Waals surface area contributed by atoms with Crippen molar-refractivity contribution in [3.05, 3.63) is 168 Å². The molecule has 1 aliphatic heterocycles. The number of hydrogen-bond donors (Lipinski definition) is 1. The van der Waals surface area contributed by atoms with Crippen molar-refractivity contribution in [2.45, 2.75) is 6.17 Å². The van der Waals surface area contributed by atoms with Gasteiger partial charge in [-0.25, -0.2) is 9.98 Å². The summed E-state index contributed by atoms with van der Waals surface area (Å²) in [5, 5.41) is 10.5. The minimum atomic E-state index is -0.483. The lowest BCUT2D eigenvalue weighted by atomic mass is 9.95. The van der Waals surface area contributed by atoms with Gasteiger partial charge in [0.05, 0.1) is 0 Å². The van der Waals surface area contributed by atoms with Gasteiger partial charge in [-0.1, -0.05) is 121 Å². The normalized spacial score (nSPS) is 13.8. The maximum atomic E-state index is 6.87. The molecule has 5 heteroatoms. The fourth-order valence-corrected chi connectivity index (χ4v) is 8.09. The second-order valence-corrected chi connectivity index (χ2v) is 13.3. The van der Waals surface area contributed by atoms with Crippen LogP contribution in [0.4, 0.5) is 0 Å². The van der Waals surface area contributed by atoms with Crippen LogP contribution >= 0.6 is 11.3 Å². The first-order valence-corrected chi connectivity index (χ1v) is 16.9. The van der Waals surface area contributed by atoms with Crippen LogP contribution in [0.5, 0.6) is 0 Å². The highest BCUT2D eigenvalue weighted by atomic mass is 32.1. The molecule has 0 saturated carbocycles. The van der Waals surface area contributed by atoms with E-state index in [-0.39, 0.29) is 0 Å². The summed E-state index contributed by atoms with van der Waals surface area (Å²) < 4.78 is 9.45. The number of nitrogens with one attached hydrogen (secondary N) is 1. The highest BCUT2D eigenvalue weighted by Gasteiger charge is 2.26. The smallest absolute Gasteiger partial charge is 0.170 e. The fourth-order valence-electron chi connectivity index (χ4n) is 7.00. The third kappa shape index (κ3) is 4.36. The van der Waals surface area contributed by atoms with Crippen molar-refractivity contribution in [3.8, 4) is 11.1 Å². The Morgan fingerprint density at radius 3 is 1.92 bits per heavy atom. The van der Waals surface area contributed by atoms with Crippen LogP contribution in [0.25, 0.3) is 64.0 Å². The van der Waals surface area contributed by atoms with Crippen LogP contribution in [0.15, 0.2) is 166 Å². The van der Waals surface area contributed by atoms with Gasteiger partial charge >= 0.3 is 0 Å². The molecule has 0 atom stereocenters. The number of fused-ring (bicyclic) bond motifs is 7. The summed E-state index contributed by atoms with van der Waals surface area (Å²) in [5.74, 6) is 1.58. The Morgan fingerprint density at radius 1 is 0.521 bits per heavy atom. The predicted octanol–water partition coefficient (Wildman–Crippen LogP) is 11.3. The molecule has 3 heterocycles. The topological polar surface area (TPSA) is 49.9 Å². The van der Waals surface area contributed by atoms with Gasteiger partial charge in [0, 0.05) is 53.2 Å². The second kappa shape index (κ2) is 10.8. The van der Waals surface area contributed by atoms with Crippen LogP contribution in [0, 0.1) is 0 Å². The number of aliphatic imine (C=N–C) groups is 2.